The zero-order chi connectivity index (χ0) is 40.8. The van der Waals surface area contributed by atoms with E-state index in [9.17, 15) is 0 Å². The molecule has 0 N–H and O–H groups in total. The third kappa shape index (κ3) is 4.01. The molecule has 60 heavy (non-hydrogen) atoms. The minimum Gasteiger partial charge on any atom is -0.453 e. The minimum absolute atomic E-state index is 0.0772. The number of rotatable bonds is 1. The van der Waals surface area contributed by atoms with Crippen molar-refractivity contribution < 1.29 is 4.74 Å². The van der Waals surface area contributed by atoms with Crippen LogP contribution in [-0.2, 0) is 21.7 Å². The molecule has 0 amide bonds. The van der Waals surface area contributed by atoms with E-state index in [0.29, 0.717) is 0 Å². The quantitative estimate of drug-likeness (QED) is 0.165. The zero-order valence-corrected chi connectivity index (χ0v) is 35.6. The van der Waals surface area contributed by atoms with Gasteiger partial charge in [0, 0.05) is 27.0 Å². The van der Waals surface area contributed by atoms with Gasteiger partial charge in [-0.3, -0.25) is 0 Å². The normalized spacial score (nSPS) is 17.6. The number of anilines is 3. The molecule has 2 heteroatoms. The standard InChI is InChI=1S/C58H47NO/c1-55(2)41-22-14-11-17-32(41)37-25-45-40(26-44(37)55)54-36-21-10-9-20-35(36)49(31-48(54)58(45,7)8)59-50-29-46-38(33-18-12-15-23-42(33)56(46,3)4)27-52(50)60-53-28-39-34-19-13-16-24-43(34)57(5,6)47(39)30-51(53)59/h9-31H,1-8H3. The number of ether oxygens (including phenoxy) is 1. The van der Waals surface area contributed by atoms with Gasteiger partial charge in [-0.1, -0.05) is 152 Å². The molecule has 1 aliphatic heterocycles. The summed E-state index contributed by atoms with van der Waals surface area (Å²) >= 11 is 0. The van der Waals surface area contributed by atoms with E-state index in [1.54, 1.807) is 0 Å². The molecule has 0 bridgehead atoms. The van der Waals surface area contributed by atoms with Crippen LogP contribution in [0.4, 0.5) is 17.1 Å². The number of fused-ring (bicyclic) bond motifs is 16. The smallest absolute Gasteiger partial charge is 0.152 e. The second-order valence-corrected chi connectivity index (χ2v) is 20.1. The first-order valence-corrected chi connectivity index (χ1v) is 21.7. The molecule has 8 aromatic rings. The van der Waals surface area contributed by atoms with Crippen LogP contribution in [0.1, 0.15) is 99.9 Å². The van der Waals surface area contributed by atoms with E-state index in [2.05, 4.69) is 200 Å². The SMILES string of the molecule is CC1(C)c2ccccc2-c2cc3c(cc21)-c1c(cc(N2c4cc5c(cc4Oc4cc6c(cc42)C(C)(C)c2ccccc2-6)-c2ccccc2C5(C)C)c2ccccc12)C3(C)C. The molecule has 4 aliphatic carbocycles. The van der Waals surface area contributed by atoms with Crippen molar-refractivity contribution >= 4 is 27.8 Å². The van der Waals surface area contributed by atoms with E-state index < -0.39 is 0 Å². The van der Waals surface area contributed by atoms with Gasteiger partial charge in [-0.05, 0) is 137 Å². The molecular weight excluding hydrogens is 727 g/mol. The largest absolute Gasteiger partial charge is 0.453 e. The highest BCUT2D eigenvalue weighted by molar-refractivity contribution is 6.12. The molecule has 0 saturated heterocycles. The van der Waals surface area contributed by atoms with E-state index >= 15 is 0 Å². The highest BCUT2D eigenvalue weighted by atomic mass is 16.5. The van der Waals surface area contributed by atoms with E-state index in [0.717, 1.165) is 22.9 Å². The van der Waals surface area contributed by atoms with Crippen molar-refractivity contribution in [3.63, 3.8) is 0 Å². The van der Waals surface area contributed by atoms with E-state index in [1.165, 1.54) is 105 Å². The molecule has 0 saturated carbocycles. The maximum atomic E-state index is 7.19. The summed E-state index contributed by atoms with van der Waals surface area (Å²) in [4.78, 5) is 2.56. The average molecular weight is 774 g/mol. The van der Waals surface area contributed by atoms with Gasteiger partial charge in [-0.2, -0.15) is 0 Å². The molecule has 13 rings (SSSR count). The Labute approximate surface area is 353 Å². The Morgan fingerprint density at radius 1 is 0.317 bits per heavy atom. The number of hydrogen-bond acceptors (Lipinski definition) is 2. The van der Waals surface area contributed by atoms with Crippen molar-refractivity contribution in [1.29, 1.82) is 0 Å². The summed E-state index contributed by atoms with van der Waals surface area (Å²) in [5.41, 5.74) is 24.4. The second kappa shape index (κ2) is 10.9. The molecule has 5 aliphatic rings. The van der Waals surface area contributed by atoms with Gasteiger partial charge in [0.05, 0.1) is 17.1 Å². The highest BCUT2D eigenvalue weighted by Crippen LogP contribution is 2.63. The van der Waals surface area contributed by atoms with Crippen LogP contribution in [0.5, 0.6) is 11.5 Å². The topological polar surface area (TPSA) is 12.5 Å². The minimum atomic E-state index is -0.235. The van der Waals surface area contributed by atoms with Crippen LogP contribution >= 0.6 is 0 Å². The lowest BCUT2D eigenvalue weighted by Gasteiger charge is -2.37. The maximum Gasteiger partial charge on any atom is 0.152 e. The summed E-state index contributed by atoms with van der Waals surface area (Å²) in [7, 11) is 0. The van der Waals surface area contributed by atoms with Gasteiger partial charge in [0.1, 0.15) is 0 Å². The fraction of sp³-hybridized carbons (Fsp3) is 0.207. The third-order valence-electron chi connectivity index (χ3n) is 15.6. The molecule has 0 aromatic heterocycles. The lowest BCUT2D eigenvalue weighted by atomic mass is 9.79. The van der Waals surface area contributed by atoms with Crippen LogP contribution < -0.4 is 9.64 Å². The summed E-state index contributed by atoms with van der Waals surface area (Å²) in [6.07, 6.45) is 0. The van der Waals surface area contributed by atoms with Crippen molar-refractivity contribution in [2.75, 3.05) is 4.90 Å². The van der Waals surface area contributed by atoms with Crippen molar-refractivity contribution in [2.45, 2.75) is 77.0 Å². The first-order valence-electron chi connectivity index (χ1n) is 21.7. The Bertz CT molecular complexity index is 3190. The van der Waals surface area contributed by atoms with Crippen LogP contribution in [0.2, 0.25) is 0 Å². The van der Waals surface area contributed by atoms with Gasteiger partial charge in [0.25, 0.3) is 0 Å². The number of hydrogen-bond donors (Lipinski definition) is 0. The van der Waals surface area contributed by atoms with Gasteiger partial charge in [0.15, 0.2) is 11.5 Å². The molecule has 0 fully saturated rings. The first-order chi connectivity index (χ1) is 28.8. The van der Waals surface area contributed by atoms with Crippen LogP contribution in [-0.4, -0.2) is 0 Å². The van der Waals surface area contributed by atoms with Crippen LogP contribution in [0, 0.1) is 0 Å². The van der Waals surface area contributed by atoms with E-state index in [-0.39, 0.29) is 21.7 Å². The predicted octanol–water partition coefficient (Wildman–Crippen LogP) is 15.6. The Morgan fingerprint density at radius 2 is 0.683 bits per heavy atom. The highest BCUT2D eigenvalue weighted by Gasteiger charge is 2.45. The van der Waals surface area contributed by atoms with Gasteiger partial charge >= 0.3 is 0 Å². The van der Waals surface area contributed by atoms with Gasteiger partial charge in [0.2, 0.25) is 0 Å². The van der Waals surface area contributed by atoms with Crippen molar-refractivity contribution in [1.82, 2.24) is 0 Å². The Balaban J connectivity index is 1.10. The fourth-order valence-corrected chi connectivity index (χ4v) is 12.4. The molecule has 0 spiro atoms. The van der Waals surface area contributed by atoms with E-state index in [4.69, 9.17) is 4.74 Å². The van der Waals surface area contributed by atoms with Gasteiger partial charge in [-0.15, -0.1) is 0 Å². The fourth-order valence-electron chi connectivity index (χ4n) is 12.4. The average Bonchev–Trinajstić information content (AvgIpc) is 3.80. The van der Waals surface area contributed by atoms with E-state index in [1.807, 2.05) is 0 Å². The molecule has 2 nitrogen and oxygen atoms in total. The maximum absolute atomic E-state index is 7.19. The molecular formula is C58H47NO. The summed E-state index contributed by atoms with van der Waals surface area (Å²) < 4.78 is 7.19. The molecule has 0 unspecified atom stereocenters. The Hall–Kier alpha value is -6.38. The van der Waals surface area contributed by atoms with Crippen molar-refractivity contribution in [3.8, 4) is 56.0 Å². The zero-order valence-electron chi connectivity index (χ0n) is 35.6. The second-order valence-electron chi connectivity index (χ2n) is 20.1. The van der Waals surface area contributed by atoms with Crippen LogP contribution in [0.3, 0.4) is 0 Å². The first kappa shape index (κ1) is 34.5. The summed E-state index contributed by atoms with van der Waals surface area (Å²) in [5.74, 6) is 1.78. The molecule has 0 radical (unpaired) electrons. The lowest BCUT2D eigenvalue weighted by Crippen LogP contribution is -2.22. The number of nitrogens with zero attached hydrogens (tertiary/aromatic N) is 1. The number of benzene rings is 8. The van der Waals surface area contributed by atoms with Crippen LogP contribution in [0.15, 0.2) is 140 Å². The lowest BCUT2D eigenvalue weighted by molar-refractivity contribution is 0.476. The van der Waals surface area contributed by atoms with Gasteiger partial charge in [-0.25, -0.2) is 0 Å². The molecule has 290 valence electrons. The Morgan fingerprint density at radius 3 is 1.20 bits per heavy atom. The van der Waals surface area contributed by atoms with Crippen LogP contribution in [0.25, 0.3) is 55.3 Å². The molecule has 8 aromatic carbocycles. The third-order valence-corrected chi connectivity index (χ3v) is 15.6. The monoisotopic (exact) mass is 773 g/mol. The Kier molecular flexibility index (Phi) is 6.24. The van der Waals surface area contributed by atoms with Crippen molar-refractivity contribution in [2.24, 2.45) is 0 Å². The molecule has 1 heterocycles. The molecule has 0 atom stereocenters. The summed E-state index contributed by atoms with van der Waals surface area (Å²) in [6.45, 7) is 19.2. The summed E-state index contributed by atoms with van der Waals surface area (Å²) in [5, 5.41) is 2.54. The predicted molar refractivity (Wildman–Crippen MR) is 249 cm³/mol. The van der Waals surface area contributed by atoms with Gasteiger partial charge < -0.3 is 9.64 Å². The summed E-state index contributed by atoms with van der Waals surface area (Å²) in [6, 6.07) is 53.2. The van der Waals surface area contributed by atoms with Crippen molar-refractivity contribution in [3.05, 3.63) is 184 Å².